The fraction of sp³-hybridized carbons (Fsp3) is 0.231. The first-order chi connectivity index (χ1) is 9.65. The molecule has 0 N–H and O–H groups in total. The number of hydrogen-bond donors (Lipinski definition) is 0. The highest BCUT2D eigenvalue weighted by molar-refractivity contribution is 5.46. The molecular weight excluding hydrogens is 268 g/mol. The van der Waals surface area contributed by atoms with Crippen LogP contribution in [0.2, 0.25) is 0 Å². The number of benzene rings is 1. The lowest BCUT2D eigenvalue weighted by molar-refractivity contribution is 0.0631. The summed E-state index contributed by atoms with van der Waals surface area (Å²) in [5.74, 6) is 0.820. The van der Waals surface area contributed by atoms with E-state index in [0.717, 1.165) is 4.57 Å². The summed E-state index contributed by atoms with van der Waals surface area (Å²) < 4.78 is 36.5. The third kappa shape index (κ3) is 2.85. The maximum absolute atomic E-state index is 12.6. The summed E-state index contributed by atoms with van der Waals surface area (Å²) in [6.45, 7) is -2.79. The Balaban J connectivity index is 2.15. The Hall–Kier alpha value is -2.62. The van der Waals surface area contributed by atoms with Crippen LogP contribution >= 0.6 is 0 Å². The smallest absolute Gasteiger partial charge is 0.320 e. The molecule has 0 unspecified atom stereocenters. The van der Waals surface area contributed by atoms with E-state index in [1.165, 1.54) is 25.6 Å². The highest BCUT2D eigenvalue weighted by Crippen LogP contribution is 2.28. The van der Waals surface area contributed by atoms with Crippen LogP contribution in [0.5, 0.6) is 11.5 Å². The number of rotatable bonds is 5. The molecule has 1 aromatic heterocycles. The van der Waals surface area contributed by atoms with Gasteiger partial charge in [0.15, 0.2) is 17.3 Å². The van der Waals surface area contributed by atoms with E-state index in [0.29, 0.717) is 17.1 Å². The number of imidazole rings is 1. The summed E-state index contributed by atoms with van der Waals surface area (Å²) in [6, 6.07) is 6.58. The highest BCUT2D eigenvalue weighted by Gasteiger charge is 2.13. The summed E-state index contributed by atoms with van der Waals surface area (Å²) in [6.07, 6.45) is 2.46. The van der Waals surface area contributed by atoms with Crippen molar-refractivity contribution in [3.63, 3.8) is 0 Å². The van der Waals surface area contributed by atoms with Crippen molar-refractivity contribution in [3.05, 3.63) is 42.0 Å². The summed E-state index contributed by atoms with van der Waals surface area (Å²) in [7, 11) is 1.43. The molecule has 104 valence electrons. The van der Waals surface area contributed by atoms with Gasteiger partial charge in [-0.3, -0.25) is 4.57 Å². The van der Waals surface area contributed by atoms with E-state index in [-0.39, 0.29) is 12.4 Å². The van der Waals surface area contributed by atoms with E-state index in [4.69, 9.17) is 14.7 Å². The molecule has 0 fully saturated rings. The molecule has 0 saturated heterocycles. The van der Waals surface area contributed by atoms with Crippen LogP contribution in [0.3, 0.4) is 0 Å². The lowest BCUT2D eigenvalue weighted by Crippen LogP contribution is -2.07. The fourth-order valence-corrected chi connectivity index (χ4v) is 1.63. The van der Waals surface area contributed by atoms with E-state index < -0.39 is 6.55 Å². The Morgan fingerprint density at radius 3 is 2.85 bits per heavy atom. The molecule has 0 aliphatic rings. The number of methoxy groups -OCH3 is 1. The van der Waals surface area contributed by atoms with E-state index in [1.54, 1.807) is 12.1 Å². The third-order valence-corrected chi connectivity index (χ3v) is 2.61. The van der Waals surface area contributed by atoms with Gasteiger partial charge in [0.2, 0.25) is 0 Å². The van der Waals surface area contributed by atoms with Gasteiger partial charge >= 0.3 is 6.55 Å². The zero-order valence-corrected chi connectivity index (χ0v) is 10.6. The van der Waals surface area contributed by atoms with Crippen LogP contribution in [0, 0.1) is 11.3 Å². The van der Waals surface area contributed by atoms with Gasteiger partial charge in [-0.15, -0.1) is 0 Å². The maximum atomic E-state index is 12.6. The molecule has 0 aliphatic carbocycles. The summed E-state index contributed by atoms with van der Waals surface area (Å²) in [5.41, 5.74) is 0.420. The zero-order chi connectivity index (χ0) is 14.5. The van der Waals surface area contributed by atoms with Crippen LogP contribution in [0.15, 0.2) is 30.6 Å². The van der Waals surface area contributed by atoms with Crippen LogP contribution in [-0.2, 0) is 6.61 Å². The molecule has 0 saturated carbocycles. The summed E-state index contributed by atoms with van der Waals surface area (Å²) in [4.78, 5) is 3.81. The topological polar surface area (TPSA) is 60.1 Å². The Labute approximate surface area is 114 Å². The van der Waals surface area contributed by atoms with Crippen LogP contribution in [-0.4, -0.2) is 16.7 Å². The van der Waals surface area contributed by atoms with Crippen LogP contribution in [0.4, 0.5) is 8.78 Å². The first kappa shape index (κ1) is 13.8. The van der Waals surface area contributed by atoms with Gasteiger partial charge in [0.05, 0.1) is 18.7 Å². The summed E-state index contributed by atoms with van der Waals surface area (Å²) >= 11 is 0. The molecule has 0 amide bonds. The first-order valence-corrected chi connectivity index (χ1v) is 5.66. The molecule has 1 heterocycles. The molecule has 0 spiro atoms. The van der Waals surface area contributed by atoms with Gasteiger partial charge in [-0.25, -0.2) is 4.98 Å². The number of nitrogens with zero attached hydrogens (tertiary/aromatic N) is 3. The van der Waals surface area contributed by atoms with Crippen molar-refractivity contribution < 1.29 is 18.3 Å². The predicted molar refractivity (Wildman–Crippen MR) is 65.5 cm³/mol. The normalized spacial score (nSPS) is 10.3. The number of alkyl halides is 2. The molecule has 0 radical (unpaired) electrons. The molecule has 2 rings (SSSR count). The van der Waals surface area contributed by atoms with E-state index in [1.807, 2.05) is 6.07 Å². The molecule has 1 aromatic carbocycles. The van der Waals surface area contributed by atoms with Crippen molar-refractivity contribution in [1.29, 1.82) is 5.26 Å². The molecule has 0 atom stereocenters. The van der Waals surface area contributed by atoms with E-state index >= 15 is 0 Å². The van der Waals surface area contributed by atoms with Gasteiger partial charge in [0.1, 0.15) is 6.61 Å². The Kier molecular flexibility index (Phi) is 4.15. The second-order valence-corrected chi connectivity index (χ2v) is 3.79. The minimum Gasteiger partial charge on any atom is -0.493 e. The Morgan fingerprint density at radius 1 is 1.40 bits per heavy atom. The van der Waals surface area contributed by atoms with Crippen molar-refractivity contribution in [3.8, 4) is 17.6 Å². The number of ether oxygens (including phenoxy) is 2. The van der Waals surface area contributed by atoms with E-state index in [2.05, 4.69) is 4.98 Å². The average Bonchev–Trinajstić information content (AvgIpc) is 2.93. The monoisotopic (exact) mass is 279 g/mol. The lowest BCUT2D eigenvalue weighted by Gasteiger charge is -2.11. The minimum atomic E-state index is -2.67. The molecule has 20 heavy (non-hydrogen) atoms. The number of hydrogen-bond acceptors (Lipinski definition) is 4. The van der Waals surface area contributed by atoms with Crippen molar-refractivity contribution in [2.24, 2.45) is 0 Å². The van der Waals surface area contributed by atoms with Crippen molar-refractivity contribution in [1.82, 2.24) is 9.55 Å². The predicted octanol–water partition coefficient (Wildman–Crippen LogP) is 2.74. The number of halogens is 2. The van der Waals surface area contributed by atoms with E-state index in [9.17, 15) is 8.78 Å². The van der Waals surface area contributed by atoms with Gasteiger partial charge in [0, 0.05) is 18.5 Å². The van der Waals surface area contributed by atoms with Crippen LogP contribution < -0.4 is 9.47 Å². The average molecular weight is 279 g/mol. The van der Waals surface area contributed by atoms with Gasteiger partial charge < -0.3 is 9.47 Å². The largest absolute Gasteiger partial charge is 0.493 e. The molecule has 7 heteroatoms. The van der Waals surface area contributed by atoms with Gasteiger partial charge in [0.25, 0.3) is 0 Å². The van der Waals surface area contributed by atoms with Crippen LogP contribution in [0.25, 0.3) is 0 Å². The molecule has 2 aromatic rings. The van der Waals surface area contributed by atoms with Gasteiger partial charge in [-0.2, -0.15) is 14.0 Å². The first-order valence-electron chi connectivity index (χ1n) is 5.66. The second kappa shape index (κ2) is 6.02. The SMILES string of the molecule is COc1cc(C#N)ccc1OCc1nccn1C(F)F. The second-order valence-electron chi connectivity index (χ2n) is 3.79. The fourth-order valence-electron chi connectivity index (χ4n) is 1.63. The van der Waals surface area contributed by atoms with Crippen molar-refractivity contribution in [2.75, 3.05) is 7.11 Å². The third-order valence-electron chi connectivity index (χ3n) is 2.61. The van der Waals surface area contributed by atoms with Crippen LogP contribution in [0.1, 0.15) is 17.9 Å². The summed E-state index contributed by atoms with van der Waals surface area (Å²) in [5, 5.41) is 8.78. The highest BCUT2D eigenvalue weighted by atomic mass is 19.3. The van der Waals surface area contributed by atoms with Crippen molar-refractivity contribution >= 4 is 0 Å². The molecule has 0 bridgehead atoms. The molecule has 5 nitrogen and oxygen atoms in total. The quantitative estimate of drug-likeness (QED) is 0.844. The van der Waals surface area contributed by atoms with Gasteiger partial charge in [-0.05, 0) is 12.1 Å². The zero-order valence-electron chi connectivity index (χ0n) is 10.6. The number of aromatic nitrogens is 2. The molecule has 0 aliphatic heterocycles. The lowest BCUT2D eigenvalue weighted by atomic mass is 10.2. The standard InChI is InChI=1S/C13H11F2N3O2/c1-19-11-6-9(7-16)2-3-10(11)20-8-12-17-4-5-18(12)13(14)15/h2-6,13H,8H2,1H3. The Bertz CT molecular complexity index is 635. The molecular formula is C13H11F2N3O2. The number of nitriles is 1. The minimum absolute atomic E-state index is 0.103. The maximum Gasteiger partial charge on any atom is 0.320 e. The van der Waals surface area contributed by atoms with Gasteiger partial charge in [-0.1, -0.05) is 0 Å². The Morgan fingerprint density at radius 2 is 2.20 bits per heavy atom. The van der Waals surface area contributed by atoms with Crippen molar-refractivity contribution in [2.45, 2.75) is 13.2 Å².